The highest BCUT2D eigenvalue weighted by molar-refractivity contribution is 6.74. The first-order chi connectivity index (χ1) is 14.7. The van der Waals surface area contributed by atoms with Crippen molar-refractivity contribution in [3.8, 4) is 0 Å². The molecule has 4 rings (SSSR count). The van der Waals surface area contributed by atoms with E-state index in [-0.39, 0.29) is 16.6 Å². The Morgan fingerprint density at radius 1 is 1.09 bits per heavy atom. The van der Waals surface area contributed by atoms with Crippen LogP contribution in [0.2, 0.25) is 18.1 Å². The van der Waals surface area contributed by atoms with Gasteiger partial charge in [0.1, 0.15) is 5.78 Å². The Hall–Kier alpha value is -0.193. The highest BCUT2D eigenvalue weighted by Gasteiger charge is 2.63. The smallest absolute Gasteiger partial charge is 0.191 e. The van der Waals surface area contributed by atoms with Crippen molar-refractivity contribution < 1.29 is 14.3 Å². The van der Waals surface area contributed by atoms with Gasteiger partial charge < -0.3 is 9.53 Å². The highest BCUT2D eigenvalue weighted by Crippen LogP contribution is 2.68. The minimum Gasteiger partial charge on any atom is -0.417 e. The van der Waals surface area contributed by atoms with Crippen molar-refractivity contribution in [2.45, 2.75) is 117 Å². The fourth-order valence-electron chi connectivity index (χ4n) is 8.66. The van der Waals surface area contributed by atoms with Gasteiger partial charge in [0, 0.05) is 19.4 Å². The van der Waals surface area contributed by atoms with Gasteiger partial charge in [-0.2, -0.15) is 0 Å². The molecule has 9 atom stereocenters. The Balaban J connectivity index is 1.50. The molecule has 0 aromatic heterocycles. The fourth-order valence-corrected chi connectivity index (χ4v) is 9.77. The van der Waals surface area contributed by atoms with Gasteiger partial charge in [-0.15, -0.1) is 0 Å². The van der Waals surface area contributed by atoms with Gasteiger partial charge in [-0.25, -0.2) is 0 Å². The van der Waals surface area contributed by atoms with Gasteiger partial charge >= 0.3 is 0 Å². The molecular formula is C28H50O3Si. The summed E-state index contributed by atoms with van der Waals surface area (Å²) < 4.78 is 6.67. The molecule has 0 radical (unpaired) electrons. The van der Waals surface area contributed by atoms with Gasteiger partial charge in [0.05, 0.1) is 6.10 Å². The third kappa shape index (κ3) is 3.88. The van der Waals surface area contributed by atoms with E-state index in [2.05, 4.69) is 54.6 Å². The second-order valence-corrected chi connectivity index (χ2v) is 19.1. The second-order valence-electron chi connectivity index (χ2n) is 14.3. The van der Waals surface area contributed by atoms with Crippen molar-refractivity contribution in [3.63, 3.8) is 0 Å². The molecule has 0 spiro atoms. The van der Waals surface area contributed by atoms with E-state index in [9.17, 15) is 9.90 Å². The average molecular weight is 463 g/mol. The molecule has 0 amide bonds. The van der Waals surface area contributed by atoms with E-state index in [0.29, 0.717) is 53.1 Å². The van der Waals surface area contributed by atoms with Crippen LogP contribution in [0.3, 0.4) is 0 Å². The van der Waals surface area contributed by atoms with Gasteiger partial charge in [0.2, 0.25) is 0 Å². The predicted octanol–water partition coefficient (Wildman–Crippen LogP) is 6.84. The van der Waals surface area contributed by atoms with E-state index in [1.807, 2.05) is 0 Å². The first-order valence-electron chi connectivity index (χ1n) is 13.5. The molecule has 4 heteroatoms. The number of hydrogen-bond acceptors (Lipinski definition) is 3. The largest absolute Gasteiger partial charge is 0.417 e. The highest BCUT2D eigenvalue weighted by atomic mass is 28.4. The Bertz CT molecular complexity index is 727. The molecule has 184 valence electrons. The van der Waals surface area contributed by atoms with Crippen LogP contribution in [0.15, 0.2) is 0 Å². The summed E-state index contributed by atoms with van der Waals surface area (Å²) in [4.78, 5) is 12.2. The first kappa shape index (κ1) is 24.9. The second kappa shape index (κ2) is 8.19. The molecule has 0 heterocycles. The van der Waals surface area contributed by atoms with E-state index in [1.54, 1.807) is 0 Å². The number of aliphatic hydroxyl groups is 1. The van der Waals surface area contributed by atoms with E-state index in [1.165, 1.54) is 25.7 Å². The zero-order chi connectivity index (χ0) is 23.7. The number of Topliss-reactive ketones (excluding diaryl/α,β-unsaturated/α-hetero) is 1. The lowest BCUT2D eigenvalue weighted by Gasteiger charge is -2.62. The predicted molar refractivity (Wildman–Crippen MR) is 134 cm³/mol. The van der Waals surface area contributed by atoms with Crippen LogP contribution in [0, 0.1) is 46.3 Å². The lowest BCUT2D eigenvalue weighted by Crippen LogP contribution is -2.58. The number of hydrogen-bond donors (Lipinski definition) is 1. The van der Waals surface area contributed by atoms with E-state index in [4.69, 9.17) is 4.43 Å². The summed E-state index contributed by atoms with van der Waals surface area (Å²) in [6.45, 7) is 20.1. The lowest BCUT2D eigenvalue weighted by atomic mass is 9.44. The van der Waals surface area contributed by atoms with Gasteiger partial charge in [0.15, 0.2) is 8.32 Å². The zero-order valence-corrected chi connectivity index (χ0v) is 23.2. The third-order valence-electron chi connectivity index (χ3n) is 11.8. The lowest BCUT2D eigenvalue weighted by molar-refractivity contribution is -0.169. The van der Waals surface area contributed by atoms with Crippen molar-refractivity contribution in [2.24, 2.45) is 46.3 Å². The zero-order valence-electron chi connectivity index (χ0n) is 22.2. The van der Waals surface area contributed by atoms with Gasteiger partial charge in [-0.1, -0.05) is 41.5 Å². The van der Waals surface area contributed by atoms with Crippen LogP contribution < -0.4 is 0 Å². The number of ketones is 1. The minimum atomic E-state index is -1.73. The third-order valence-corrected chi connectivity index (χ3v) is 16.3. The first-order valence-corrected chi connectivity index (χ1v) is 16.5. The summed E-state index contributed by atoms with van der Waals surface area (Å²) in [5, 5.41) is 11.7. The average Bonchev–Trinajstić information content (AvgIpc) is 3.04. The molecule has 0 aliphatic heterocycles. The van der Waals surface area contributed by atoms with Crippen molar-refractivity contribution in [1.82, 2.24) is 0 Å². The molecule has 1 N–H and O–H groups in total. The maximum Gasteiger partial charge on any atom is 0.191 e. The summed E-state index contributed by atoms with van der Waals surface area (Å²) in [5.41, 5.74) is 0.584. The molecule has 4 aliphatic rings. The summed E-state index contributed by atoms with van der Waals surface area (Å²) in [6, 6.07) is 0. The van der Waals surface area contributed by atoms with E-state index >= 15 is 0 Å². The van der Waals surface area contributed by atoms with Crippen LogP contribution in [0.4, 0.5) is 0 Å². The SMILES string of the molecule is CC(CO[Si](C)(C)C(C)(C)C)[C@H]1CC[C@H]2[C@@H]3[C@H](O)CC4CC(=O)CC[C@]4(C)[C@H]3CC[C@]12C. The number of aliphatic hydroxyl groups excluding tert-OH is 1. The standard InChI is InChI=1S/C28H50O3Si/c1-18(17-31-32(7,8)26(2,3)4)21-9-10-22-25-23(12-14-28(21,22)6)27(5)13-11-20(29)15-19(27)16-24(25)30/h18-19,21-25,30H,9-17H2,1-8H3/t18?,19?,21-,22+,23+,24-,25+,27+,28-/m1/s1. The molecule has 4 saturated carbocycles. The molecular weight excluding hydrogens is 412 g/mol. The maximum atomic E-state index is 12.2. The van der Waals surface area contributed by atoms with Crippen LogP contribution in [0.25, 0.3) is 0 Å². The molecule has 4 aliphatic carbocycles. The Morgan fingerprint density at radius 2 is 1.75 bits per heavy atom. The van der Waals surface area contributed by atoms with Crippen LogP contribution in [-0.4, -0.2) is 31.9 Å². The fraction of sp³-hybridized carbons (Fsp3) is 0.964. The van der Waals surface area contributed by atoms with Crippen LogP contribution in [0.1, 0.15) is 92.9 Å². The normalized spacial score (nSPS) is 45.7. The summed E-state index contributed by atoms with van der Waals surface area (Å²) >= 11 is 0. The quantitative estimate of drug-likeness (QED) is 0.465. The van der Waals surface area contributed by atoms with Crippen LogP contribution in [0.5, 0.6) is 0 Å². The van der Waals surface area contributed by atoms with Crippen molar-refractivity contribution in [2.75, 3.05) is 6.61 Å². The minimum absolute atomic E-state index is 0.217. The van der Waals surface area contributed by atoms with Crippen LogP contribution >= 0.6 is 0 Å². The summed E-state index contributed by atoms with van der Waals surface area (Å²) in [6.07, 6.45) is 8.24. The molecule has 0 bridgehead atoms. The number of carbonyl (C=O) groups is 1. The number of carbonyl (C=O) groups excluding carboxylic acids is 1. The molecule has 4 fully saturated rings. The Morgan fingerprint density at radius 3 is 2.41 bits per heavy atom. The summed E-state index contributed by atoms with van der Waals surface area (Å²) in [5.74, 6) is 3.76. The van der Waals surface area contributed by atoms with Gasteiger partial charge in [-0.3, -0.25) is 4.79 Å². The summed E-state index contributed by atoms with van der Waals surface area (Å²) in [7, 11) is -1.73. The van der Waals surface area contributed by atoms with Gasteiger partial charge in [0.25, 0.3) is 0 Å². The molecule has 2 unspecified atom stereocenters. The maximum absolute atomic E-state index is 12.2. The Kier molecular flexibility index (Phi) is 6.38. The van der Waals surface area contributed by atoms with E-state index in [0.717, 1.165) is 25.9 Å². The van der Waals surface area contributed by atoms with Crippen molar-refractivity contribution in [1.29, 1.82) is 0 Å². The molecule has 32 heavy (non-hydrogen) atoms. The topological polar surface area (TPSA) is 46.5 Å². The van der Waals surface area contributed by atoms with E-state index < -0.39 is 8.32 Å². The molecule has 3 nitrogen and oxygen atoms in total. The number of rotatable bonds is 4. The molecule has 0 aromatic rings. The monoisotopic (exact) mass is 462 g/mol. The van der Waals surface area contributed by atoms with Crippen LogP contribution in [-0.2, 0) is 9.22 Å². The van der Waals surface area contributed by atoms with Crippen molar-refractivity contribution >= 4 is 14.1 Å². The van der Waals surface area contributed by atoms with Crippen molar-refractivity contribution in [3.05, 3.63) is 0 Å². The molecule has 0 saturated heterocycles. The Labute approximate surface area is 198 Å². The molecule has 0 aromatic carbocycles. The number of fused-ring (bicyclic) bond motifs is 5. The van der Waals surface area contributed by atoms with Gasteiger partial charge in [-0.05, 0) is 103 Å².